The standard InChI is InChI=1S/C26H17.Li/c1-3-14-23-19(8-1)10-6-16-25(23)21-12-5-13-22(18-21)26-17-7-11-20-9-2-4-15-24(20)26;/h1-17H;/q-1;+1. The van der Waals surface area contributed by atoms with Crippen LogP contribution in [0.1, 0.15) is 0 Å². The molecule has 0 aliphatic carbocycles. The van der Waals surface area contributed by atoms with Gasteiger partial charge in [-0.05, 0) is 21.5 Å². The molecule has 5 rings (SSSR count). The fourth-order valence-corrected chi connectivity index (χ4v) is 3.70. The Morgan fingerprint density at radius 2 is 0.815 bits per heavy atom. The maximum Gasteiger partial charge on any atom is 1.00 e. The number of fused-ring (bicyclic) bond motifs is 2. The van der Waals surface area contributed by atoms with Crippen molar-refractivity contribution in [2.75, 3.05) is 0 Å². The molecule has 0 fully saturated rings. The van der Waals surface area contributed by atoms with Gasteiger partial charge in [0.1, 0.15) is 0 Å². The summed E-state index contributed by atoms with van der Waals surface area (Å²) in [5.74, 6) is 0. The largest absolute Gasteiger partial charge is 1.00 e. The monoisotopic (exact) mass is 336 g/mol. The zero-order chi connectivity index (χ0) is 17.3. The van der Waals surface area contributed by atoms with Gasteiger partial charge in [0.25, 0.3) is 0 Å². The van der Waals surface area contributed by atoms with Crippen LogP contribution in [0, 0.1) is 6.07 Å². The van der Waals surface area contributed by atoms with Crippen LogP contribution in [0.3, 0.4) is 0 Å². The zero-order valence-corrected chi connectivity index (χ0v) is 15.3. The maximum atomic E-state index is 3.66. The van der Waals surface area contributed by atoms with E-state index < -0.39 is 0 Å². The molecule has 0 aliphatic rings. The van der Waals surface area contributed by atoms with E-state index in [1.807, 2.05) is 0 Å². The van der Waals surface area contributed by atoms with Crippen molar-refractivity contribution in [1.29, 1.82) is 0 Å². The van der Waals surface area contributed by atoms with Crippen LogP contribution in [0.2, 0.25) is 0 Å². The van der Waals surface area contributed by atoms with E-state index in [1.54, 1.807) is 0 Å². The summed E-state index contributed by atoms with van der Waals surface area (Å²) < 4.78 is 0. The number of benzene rings is 5. The summed E-state index contributed by atoms with van der Waals surface area (Å²) in [6.45, 7) is 0. The Morgan fingerprint density at radius 1 is 0.407 bits per heavy atom. The summed E-state index contributed by atoms with van der Waals surface area (Å²) in [7, 11) is 0. The molecule has 0 unspecified atom stereocenters. The maximum absolute atomic E-state index is 3.66. The summed E-state index contributed by atoms with van der Waals surface area (Å²) in [6.07, 6.45) is 0. The van der Waals surface area contributed by atoms with Crippen LogP contribution in [-0.4, -0.2) is 0 Å². The Morgan fingerprint density at radius 3 is 1.33 bits per heavy atom. The fraction of sp³-hybridized carbons (Fsp3) is 0. The predicted molar refractivity (Wildman–Crippen MR) is 111 cm³/mol. The van der Waals surface area contributed by atoms with E-state index in [9.17, 15) is 0 Å². The molecule has 27 heavy (non-hydrogen) atoms. The van der Waals surface area contributed by atoms with Gasteiger partial charge in [-0.2, -0.15) is 0 Å². The summed E-state index contributed by atoms with van der Waals surface area (Å²) >= 11 is 0. The van der Waals surface area contributed by atoms with Gasteiger partial charge in [-0.25, -0.2) is 0 Å². The van der Waals surface area contributed by atoms with Gasteiger partial charge >= 0.3 is 18.9 Å². The number of hydrogen-bond donors (Lipinski definition) is 0. The second-order valence-corrected chi connectivity index (χ2v) is 6.53. The first-order valence-corrected chi connectivity index (χ1v) is 8.89. The zero-order valence-electron chi connectivity index (χ0n) is 15.3. The fourth-order valence-electron chi connectivity index (χ4n) is 3.70. The van der Waals surface area contributed by atoms with Gasteiger partial charge in [0.2, 0.25) is 0 Å². The smallest absolute Gasteiger partial charge is 0.129 e. The minimum Gasteiger partial charge on any atom is -0.129 e. The minimum atomic E-state index is 0. The average Bonchev–Trinajstić information content (AvgIpc) is 2.73. The minimum absolute atomic E-state index is 0. The number of hydrogen-bond acceptors (Lipinski definition) is 0. The molecule has 5 aromatic carbocycles. The van der Waals surface area contributed by atoms with Crippen molar-refractivity contribution in [1.82, 2.24) is 0 Å². The Bertz CT molecular complexity index is 1130. The van der Waals surface area contributed by atoms with Gasteiger partial charge in [-0.3, -0.25) is 0 Å². The first-order chi connectivity index (χ1) is 12.9. The molecule has 0 bridgehead atoms. The van der Waals surface area contributed by atoms with E-state index >= 15 is 0 Å². The van der Waals surface area contributed by atoms with E-state index in [1.165, 1.54) is 32.7 Å². The van der Waals surface area contributed by atoms with Gasteiger partial charge in [0.15, 0.2) is 0 Å². The molecule has 0 saturated carbocycles. The molecule has 0 radical (unpaired) electrons. The topological polar surface area (TPSA) is 0 Å². The van der Waals surface area contributed by atoms with E-state index in [-0.39, 0.29) is 18.9 Å². The molecule has 5 aromatic rings. The van der Waals surface area contributed by atoms with Gasteiger partial charge in [0.05, 0.1) is 0 Å². The van der Waals surface area contributed by atoms with Gasteiger partial charge < -0.3 is 0 Å². The quantitative estimate of drug-likeness (QED) is 0.336. The first kappa shape index (κ1) is 17.6. The van der Waals surface area contributed by atoms with E-state index in [0.717, 1.165) is 11.1 Å². The molecule has 0 heterocycles. The van der Waals surface area contributed by atoms with Crippen LogP contribution in [-0.2, 0) is 0 Å². The Balaban J connectivity index is 0.00000180. The van der Waals surface area contributed by atoms with E-state index in [2.05, 4.69) is 109 Å². The van der Waals surface area contributed by atoms with Crippen LogP contribution in [0.5, 0.6) is 0 Å². The summed E-state index contributed by atoms with van der Waals surface area (Å²) in [4.78, 5) is 0. The second kappa shape index (κ2) is 7.45. The van der Waals surface area contributed by atoms with Crippen molar-refractivity contribution in [2.24, 2.45) is 0 Å². The van der Waals surface area contributed by atoms with Crippen LogP contribution in [0.15, 0.2) is 103 Å². The van der Waals surface area contributed by atoms with Crippen molar-refractivity contribution >= 4 is 21.5 Å². The Hall–Kier alpha value is -2.78. The van der Waals surface area contributed by atoms with Crippen LogP contribution < -0.4 is 18.9 Å². The SMILES string of the molecule is [Li+].[c-]1c(-c2cccc3ccccc23)cccc1-c1cccc2ccccc12. The first-order valence-electron chi connectivity index (χ1n) is 8.89. The van der Waals surface area contributed by atoms with Crippen molar-refractivity contribution in [3.63, 3.8) is 0 Å². The van der Waals surface area contributed by atoms with Gasteiger partial charge in [0, 0.05) is 0 Å². The van der Waals surface area contributed by atoms with Crippen molar-refractivity contribution in [2.45, 2.75) is 0 Å². The summed E-state index contributed by atoms with van der Waals surface area (Å²) in [5.41, 5.74) is 4.72. The molecule has 0 saturated heterocycles. The van der Waals surface area contributed by atoms with E-state index in [4.69, 9.17) is 0 Å². The molecule has 0 aromatic heterocycles. The van der Waals surface area contributed by atoms with Crippen LogP contribution >= 0.6 is 0 Å². The molecular formula is C26H17Li. The van der Waals surface area contributed by atoms with Crippen molar-refractivity contribution in [3.05, 3.63) is 109 Å². The predicted octanol–water partition coefficient (Wildman–Crippen LogP) is 4.13. The number of rotatable bonds is 2. The molecule has 0 N–H and O–H groups in total. The third-order valence-corrected chi connectivity index (χ3v) is 4.95. The van der Waals surface area contributed by atoms with Crippen LogP contribution in [0.4, 0.5) is 0 Å². The molecule has 0 amide bonds. The van der Waals surface area contributed by atoms with Gasteiger partial charge in [-0.15, -0.1) is 35.4 Å². The molecule has 0 aliphatic heterocycles. The average molecular weight is 336 g/mol. The van der Waals surface area contributed by atoms with E-state index in [0.29, 0.717) is 0 Å². The third kappa shape index (κ3) is 3.19. The Labute approximate surface area is 171 Å². The summed E-state index contributed by atoms with van der Waals surface area (Å²) in [6, 6.07) is 40.1. The molecule has 0 atom stereocenters. The van der Waals surface area contributed by atoms with Crippen molar-refractivity contribution in [3.8, 4) is 22.3 Å². The molecular weight excluding hydrogens is 319 g/mol. The van der Waals surface area contributed by atoms with Gasteiger partial charge in [-0.1, -0.05) is 96.1 Å². The normalized spacial score (nSPS) is 10.7. The summed E-state index contributed by atoms with van der Waals surface area (Å²) in [5, 5.41) is 5.05. The molecule has 1 heteroatoms. The van der Waals surface area contributed by atoms with Crippen LogP contribution in [0.25, 0.3) is 43.8 Å². The molecule has 0 nitrogen and oxygen atoms in total. The molecule has 0 spiro atoms. The molecule has 122 valence electrons. The van der Waals surface area contributed by atoms with Crippen molar-refractivity contribution < 1.29 is 18.9 Å². The Kier molecular flexibility index (Phi) is 4.86. The second-order valence-electron chi connectivity index (χ2n) is 6.53. The third-order valence-electron chi connectivity index (χ3n) is 4.95.